The van der Waals surface area contributed by atoms with Gasteiger partial charge in [-0.1, -0.05) is 17.7 Å². The van der Waals surface area contributed by atoms with Crippen LogP contribution in [0.15, 0.2) is 46.3 Å². The highest BCUT2D eigenvalue weighted by molar-refractivity contribution is 5.89. The van der Waals surface area contributed by atoms with E-state index in [4.69, 9.17) is 14.5 Å². The molecule has 0 aliphatic carbocycles. The maximum atomic E-state index is 14.0. The summed E-state index contributed by atoms with van der Waals surface area (Å²) in [7, 11) is 1.60. The van der Waals surface area contributed by atoms with E-state index in [1.807, 2.05) is 45.9 Å². The maximum Gasteiger partial charge on any atom is 0.330 e. The molecule has 1 aliphatic rings. The minimum atomic E-state index is -0.282. The van der Waals surface area contributed by atoms with E-state index in [1.54, 1.807) is 16.2 Å². The van der Waals surface area contributed by atoms with Crippen LogP contribution in [0.2, 0.25) is 0 Å². The molecule has 0 saturated heterocycles. The van der Waals surface area contributed by atoms with Crippen LogP contribution in [0.25, 0.3) is 11.3 Å². The van der Waals surface area contributed by atoms with Gasteiger partial charge in [0.1, 0.15) is 5.49 Å². The van der Waals surface area contributed by atoms with Crippen molar-refractivity contribution in [2.24, 2.45) is 4.99 Å². The van der Waals surface area contributed by atoms with E-state index in [0.717, 1.165) is 39.2 Å². The fraction of sp³-hybridized carbons (Fsp3) is 0.345. The Balaban J connectivity index is 1.65. The van der Waals surface area contributed by atoms with Crippen LogP contribution in [0, 0.1) is 20.8 Å². The predicted molar refractivity (Wildman–Crippen MR) is 151 cm³/mol. The van der Waals surface area contributed by atoms with Crippen LogP contribution in [-0.2, 0) is 24.3 Å². The number of carbonyl (C=O) groups excluding carboxylic acids is 1. The fourth-order valence-electron chi connectivity index (χ4n) is 5.22. The Morgan fingerprint density at radius 3 is 2.58 bits per heavy atom. The second-order valence-electron chi connectivity index (χ2n) is 9.83. The Morgan fingerprint density at radius 2 is 1.90 bits per heavy atom. The van der Waals surface area contributed by atoms with Crippen LogP contribution in [0.5, 0.6) is 11.5 Å². The summed E-state index contributed by atoms with van der Waals surface area (Å²) in [6.07, 6.45) is 2.14. The molecule has 4 aromatic rings. The van der Waals surface area contributed by atoms with Gasteiger partial charge in [-0.25, -0.2) is 9.79 Å². The number of rotatable bonds is 8. The molecule has 40 heavy (non-hydrogen) atoms. The van der Waals surface area contributed by atoms with E-state index in [-0.39, 0.29) is 24.6 Å². The molecule has 0 atom stereocenters. The summed E-state index contributed by atoms with van der Waals surface area (Å²) in [5, 5.41) is 12.7. The summed E-state index contributed by atoms with van der Waals surface area (Å²) in [6.45, 7) is 9.15. The van der Waals surface area contributed by atoms with Gasteiger partial charge in [0.25, 0.3) is 0 Å². The van der Waals surface area contributed by atoms with Gasteiger partial charge >= 0.3 is 5.69 Å². The number of anilines is 1. The third-order valence-electron chi connectivity index (χ3n) is 6.97. The van der Waals surface area contributed by atoms with Crippen LogP contribution in [-0.4, -0.2) is 44.2 Å². The van der Waals surface area contributed by atoms with Crippen LogP contribution >= 0.6 is 0 Å². The van der Waals surface area contributed by atoms with Crippen molar-refractivity contribution in [1.82, 2.24) is 24.5 Å². The number of ether oxygens (including phenoxy) is 2. The van der Waals surface area contributed by atoms with Crippen molar-refractivity contribution in [2.75, 3.05) is 19.0 Å². The number of nitrogens with zero attached hydrogens (tertiary/aromatic N) is 5. The number of nitrogens with one attached hydrogen (secondary N) is 2. The lowest BCUT2D eigenvalue weighted by Crippen LogP contribution is -2.42. The number of aryl methyl sites for hydroxylation is 4. The lowest BCUT2D eigenvalue weighted by atomic mass is 9.97. The monoisotopic (exact) mass is 543 g/mol. The zero-order valence-corrected chi connectivity index (χ0v) is 23.4. The summed E-state index contributed by atoms with van der Waals surface area (Å²) in [5.74, 6) is 1.33. The van der Waals surface area contributed by atoms with Crippen molar-refractivity contribution in [2.45, 2.75) is 53.6 Å². The van der Waals surface area contributed by atoms with Gasteiger partial charge in [0, 0.05) is 31.1 Å². The summed E-state index contributed by atoms with van der Waals surface area (Å²) in [5.41, 5.74) is 6.92. The highest BCUT2D eigenvalue weighted by Crippen LogP contribution is 2.37. The molecule has 0 radical (unpaired) electrons. The Hall–Kier alpha value is -4.67. The topological polar surface area (TPSA) is 128 Å². The van der Waals surface area contributed by atoms with Crippen LogP contribution in [0.3, 0.4) is 0 Å². The van der Waals surface area contributed by atoms with Crippen molar-refractivity contribution in [1.29, 1.82) is 0 Å². The first-order valence-corrected chi connectivity index (χ1v) is 13.3. The molecule has 3 heterocycles. The van der Waals surface area contributed by atoms with Crippen molar-refractivity contribution < 1.29 is 14.3 Å². The molecule has 0 saturated carbocycles. The molecule has 5 rings (SSSR count). The third kappa shape index (κ3) is 5.27. The van der Waals surface area contributed by atoms with Gasteiger partial charge in [-0.15, -0.1) is 5.10 Å². The van der Waals surface area contributed by atoms with E-state index in [0.29, 0.717) is 42.4 Å². The molecule has 2 aromatic carbocycles. The molecule has 1 amide bonds. The molecule has 2 N–H and O–H groups in total. The first kappa shape index (κ1) is 26.9. The zero-order chi connectivity index (χ0) is 28.4. The molecule has 11 heteroatoms. The summed E-state index contributed by atoms with van der Waals surface area (Å²) in [6, 6.07) is 9.98. The number of H-pyrrole nitrogens is 1. The summed E-state index contributed by atoms with van der Waals surface area (Å²) in [4.78, 5) is 31.6. The minimum absolute atomic E-state index is 0.0582. The normalized spacial score (nSPS) is 12.6. The van der Waals surface area contributed by atoms with E-state index in [2.05, 4.69) is 32.9 Å². The largest absolute Gasteiger partial charge is 0.493 e. The molecule has 2 aromatic heterocycles. The number of hydrogen-bond acceptors (Lipinski definition) is 7. The lowest BCUT2D eigenvalue weighted by molar-refractivity contribution is -0.116. The minimum Gasteiger partial charge on any atom is -0.493 e. The maximum absolute atomic E-state index is 14.0. The van der Waals surface area contributed by atoms with Crippen LogP contribution in [0.4, 0.5) is 11.5 Å². The predicted octanol–water partition coefficient (Wildman–Crippen LogP) is 3.58. The molecule has 208 valence electrons. The van der Waals surface area contributed by atoms with Crippen molar-refractivity contribution in [3.05, 3.63) is 74.8 Å². The quantitative estimate of drug-likeness (QED) is 0.350. The van der Waals surface area contributed by atoms with E-state index in [1.165, 1.54) is 6.20 Å². The van der Waals surface area contributed by atoms with Gasteiger partial charge in [-0.3, -0.25) is 13.9 Å². The van der Waals surface area contributed by atoms with Gasteiger partial charge in [-0.2, -0.15) is 10.3 Å². The number of hydrogen-bond donors (Lipinski definition) is 2. The molecular formula is C29H33N7O4. The Morgan fingerprint density at radius 1 is 1.12 bits per heavy atom. The van der Waals surface area contributed by atoms with E-state index >= 15 is 0 Å². The van der Waals surface area contributed by atoms with Crippen molar-refractivity contribution in [3.8, 4) is 22.8 Å². The standard InChI is InChI=1S/C29H33N7O4/c1-6-40-24-13-20-7-9-35-22(21(20)14-23(24)39-5)15-26(32-28-18(3)11-17(2)12-19(28)4)36(29(35)38)10-8-27(37)31-25-16-30-34-33-25/h11-16H,6-10H2,1-5H3,(H2,30,31,33,34,37). The number of methoxy groups -OCH3 is 1. The zero-order valence-electron chi connectivity index (χ0n) is 23.4. The first-order valence-electron chi connectivity index (χ1n) is 13.3. The number of amides is 1. The molecule has 0 unspecified atom stereocenters. The van der Waals surface area contributed by atoms with E-state index < -0.39 is 0 Å². The fourth-order valence-corrected chi connectivity index (χ4v) is 5.22. The SMILES string of the molecule is CCOc1cc2c(cc1OC)-c1cc(=Nc3c(C)cc(C)cc3C)n(CCC(=O)Nc3cn[nH]n3)c(=O)n1CC2. The molecular weight excluding hydrogens is 510 g/mol. The highest BCUT2D eigenvalue weighted by atomic mass is 16.5. The van der Waals surface area contributed by atoms with Crippen molar-refractivity contribution in [3.63, 3.8) is 0 Å². The lowest BCUT2D eigenvalue weighted by Gasteiger charge is -2.25. The number of carbonyl (C=O) groups is 1. The molecule has 11 nitrogen and oxygen atoms in total. The second kappa shape index (κ2) is 11.2. The molecule has 0 fully saturated rings. The van der Waals surface area contributed by atoms with Gasteiger partial charge < -0.3 is 14.8 Å². The Bertz CT molecular complexity index is 1680. The number of fused-ring (bicyclic) bond motifs is 3. The number of aromatic nitrogens is 5. The average molecular weight is 544 g/mol. The molecule has 0 spiro atoms. The summed E-state index contributed by atoms with van der Waals surface area (Å²) < 4.78 is 14.7. The van der Waals surface area contributed by atoms with Gasteiger partial charge in [0.15, 0.2) is 17.3 Å². The van der Waals surface area contributed by atoms with Gasteiger partial charge in [0.2, 0.25) is 5.91 Å². The van der Waals surface area contributed by atoms with Gasteiger partial charge in [-0.05, 0) is 62.9 Å². The number of aromatic amines is 1. The van der Waals surface area contributed by atoms with Gasteiger partial charge in [0.05, 0.1) is 31.3 Å². The molecule has 1 aliphatic heterocycles. The third-order valence-corrected chi connectivity index (χ3v) is 6.97. The van der Waals surface area contributed by atoms with Crippen LogP contribution in [0.1, 0.15) is 35.6 Å². The average Bonchev–Trinajstić information content (AvgIpc) is 3.43. The first-order chi connectivity index (χ1) is 19.3. The van der Waals surface area contributed by atoms with Crippen molar-refractivity contribution >= 4 is 17.4 Å². The Labute approximate surface area is 231 Å². The summed E-state index contributed by atoms with van der Waals surface area (Å²) >= 11 is 0. The highest BCUT2D eigenvalue weighted by Gasteiger charge is 2.23. The second-order valence-corrected chi connectivity index (χ2v) is 9.83. The number of benzene rings is 2. The molecule has 0 bridgehead atoms. The van der Waals surface area contributed by atoms with E-state index in [9.17, 15) is 9.59 Å². The smallest absolute Gasteiger partial charge is 0.330 e. The Kier molecular flexibility index (Phi) is 7.54. The van der Waals surface area contributed by atoms with Crippen LogP contribution < -0.4 is 26.0 Å².